The zero-order valence-electron chi connectivity index (χ0n) is 14.5. The lowest BCUT2D eigenvalue weighted by Gasteiger charge is -2.17. The summed E-state index contributed by atoms with van der Waals surface area (Å²) in [7, 11) is 0. The maximum Gasteiger partial charge on any atom is 0.229 e. The molecule has 3 rings (SSSR count). The normalized spacial score (nSPS) is 16.8. The summed E-state index contributed by atoms with van der Waals surface area (Å²) < 4.78 is 5.42. The van der Waals surface area contributed by atoms with Gasteiger partial charge in [-0.15, -0.1) is 0 Å². The molecular weight excluding hydrogens is 316 g/mol. The Hall–Kier alpha value is -2.82. The van der Waals surface area contributed by atoms with Crippen LogP contribution >= 0.6 is 0 Å². The molecule has 0 spiro atoms. The number of hydrogen-bond acceptors (Lipinski definition) is 3. The molecule has 0 bridgehead atoms. The maximum atomic E-state index is 12.5. The van der Waals surface area contributed by atoms with Crippen molar-refractivity contribution in [1.29, 1.82) is 0 Å². The van der Waals surface area contributed by atoms with Gasteiger partial charge < -0.3 is 15.0 Å². The highest BCUT2D eigenvalue weighted by atomic mass is 16.5. The minimum absolute atomic E-state index is 0.0341. The molecule has 0 aliphatic carbocycles. The second kappa shape index (κ2) is 7.38. The summed E-state index contributed by atoms with van der Waals surface area (Å²) >= 11 is 0. The molecule has 1 heterocycles. The average Bonchev–Trinajstić information content (AvgIpc) is 3.00. The van der Waals surface area contributed by atoms with E-state index in [4.69, 9.17) is 4.74 Å². The molecule has 1 aliphatic rings. The fourth-order valence-electron chi connectivity index (χ4n) is 2.90. The van der Waals surface area contributed by atoms with Gasteiger partial charge in [-0.25, -0.2) is 0 Å². The van der Waals surface area contributed by atoms with Crippen LogP contribution in [0.1, 0.15) is 18.9 Å². The first-order valence-corrected chi connectivity index (χ1v) is 8.47. The highest BCUT2D eigenvalue weighted by molar-refractivity contribution is 6.03. The minimum atomic E-state index is -0.347. The molecule has 0 unspecified atom stereocenters. The second-order valence-corrected chi connectivity index (χ2v) is 6.19. The molecule has 5 heteroatoms. The van der Waals surface area contributed by atoms with Crippen molar-refractivity contribution < 1.29 is 14.3 Å². The van der Waals surface area contributed by atoms with E-state index in [-0.39, 0.29) is 24.2 Å². The van der Waals surface area contributed by atoms with E-state index in [2.05, 4.69) is 5.32 Å². The molecule has 25 heavy (non-hydrogen) atoms. The van der Waals surface area contributed by atoms with Crippen LogP contribution in [0, 0.1) is 12.8 Å². The van der Waals surface area contributed by atoms with E-state index < -0.39 is 0 Å². The molecule has 130 valence electrons. The Morgan fingerprint density at radius 3 is 2.48 bits per heavy atom. The number of benzene rings is 2. The highest BCUT2D eigenvalue weighted by Crippen LogP contribution is 2.27. The Balaban J connectivity index is 1.65. The lowest BCUT2D eigenvalue weighted by Crippen LogP contribution is -2.28. The van der Waals surface area contributed by atoms with Crippen LogP contribution in [0.3, 0.4) is 0 Å². The third kappa shape index (κ3) is 3.99. The quantitative estimate of drug-likeness (QED) is 0.909. The van der Waals surface area contributed by atoms with Gasteiger partial charge in [0.2, 0.25) is 11.8 Å². The van der Waals surface area contributed by atoms with Crippen molar-refractivity contribution >= 4 is 23.2 Å². The van der Waals surface area contributed by atoms with Gasteiger partial charge in [-0.2, -0.15) is 0 Å². The summed E-state index contributed by atoms with van der Waals surface area (Å²) in [6.45, 7) is 4.92. The summed E-state index contributed by atoms with van der Waals surface area (Å²) in [5, 5.41) is 2.89. The number of aryl methyl sites for hydroxylation is 1. The number of nitrogens with one attached hydrogen (secondary N) is 1. The number of anilines is 2. The van der Waals surface area contributed by atoms with Gasteiger partial charge in [0.15, 0.2) is 0 Å². The molecular formula is C20H22N2O3. The van der Waals surface area contributed by atoms with Crippen molar-refractivity contribution in [3.05, 3.63) is 54.1 Å². The van der Waals surface area contributed by atoms with Crippen LogP contribution in [0.5, 0.6) is 5.75 Å². The molecule has 1 fully saturated rings. The molecule has 2 aromatic rings. The van der Waals surface area contributed by atoms with Gasteiger partial charge in [-0.1, -0.05) is 17.7 Å². The molecule has 5 nitrogen and oxygen atoms in total. The zero-order chi connectivity index (χ0) is 17.8. The molecule has 1 aliphatic heterocycles. The maximum absolute atomic E-state index is 12.5. The Morgan fingerprint density at radius 1 is 1.16 bits per heavy atom. The molecule has 1 atom stereocenters. The number of hydrogen-bond donors (Lipinski definition) is 1. The predicted molar refractivity (Wildman–Crippen MR) is 97.9 cm³/mol. The molecule has 0 radical (unpaired) electrons. The van der Waals surface area contributed by atoms with Crippen LogP contribution in [0.2, 0.25) is 0 Å². The Labute approximate surface area is 147 Å². The smallest absolute Gasteiger partial charge is 0.229 e. The van der Waals surface area contributed by atoms with Gasteiger partial charge in [-0.3, -0.25) is 9.59 Å². The number of rotatable bonds is 5. The number of nitrogens with zero attached hydrogens (tertiary/aromatic N) is 1. The van der Waals surface area contributed by atoms with E-state index in [9.17, 15) is 9.59 Å². The summed E-state index contributed by atoms with van der Waals surface area (Å²) in [5.41, 5.74) is 2.68. The summed E-state index contributed by atoms with van der Waals surface area (Å²) in [5.74, 6) is 0.269. The fourth-order valence-corrected chi connectivity index (χ4v) is 2.90. The predicted octanol–water partition coefficient (Wildman–Crippen LogP) is 3.39. The first-order valence-electron chi connectivity index (χ1n) is 8.47. The van der Waals surface area contributed by atoms with Crippen molar-refractivity contribution in [3.63, 3.8) is 0 Å². The Bertz CT molecular complexity index is 754. The standard InChI is InChI=1S/C20H22N2O3/c1-3-25-18-10-8-17(9-11-18)22-13-15(12-19(22)23)20(24)21-16-6-4-14(2)5-7-16/h4-11,15H,3,12-13H2,1-2H3,(H,21,24)/t15-/m0/s1. The topological polar surface area (TPSA) is 58.6 Å². The second-order valence-electron chi connectivity index (χ2n) is 6.19. The van der Waals surface area contributed by atoms with Gasteiger partial charge in [-0.05, 0) is 50.2 Å². The van der Waals surface area contributed by atoms with Crippen LogP contribution in [0.15, 0.2) is 48.5 Å². The molecule has 0 saturated carbocycles. The lowest BCUT2D eigenvalue weighted by atomic mass is 10.1. The van der Waals surface area contributed by atoms with E-state index >= 15 is 0 Å². The lowest BCUT2D eigenvalue weighted by molar-refractivity contribution is -0.122. The zero-order valence-corrected chi connectivity index (χ0v) is 14.5. The molecule has 1 N–H and O–H groups in total. The fraction of sp³-hybridized carbons (Fsp3) is 0.300. The van der Waals surface area contributed by atoms with E-state index in [1.54, 1.807) is 4.90 Å². The first-order chi connectivity index (χ1) is 12.1. The van der Waals surface area contributed by atoms with E-state index in [1.165, 1.54) is 0 Å². The average molecular weight is 338 g/mol. The van der Waals surface area contributed by atoms with Crippen molar-refractivity contribution in [2.75, 3.05) is 23.4 Å². The Morgan fingerprint density at radius 2 is 1.84 bits per heavy atom. The summed E-state index contributed by atoms with van der Waals surface area (Å²) in [6.07, 6.45) is 0.227. The van der Waals surface area contributed by atoms with Gasteiger partial charge in [0.1, 0.15) is 5.75 Å². The number of amides is 2. The first kappa shape index (κ1) is 17.0. The van der Waals surface area contributed by atoms with Gasteiger partial charge >= 0.3 is 0 Å². The van der Waals surface area contributed by atoms with Crippen molar-refractivity contribution in [2.45, 2.75) is 20.3 Å². The molecule has 0 aromatic heterocycles. The SMILES string of the molecule is CCOc1ccc(N2C[C@@H](C(=O)Nc3ccc(C)cc3)CC2=O)cc1. The van der Waals surface area contributed by atoms with E-state index in [1.807, 2.05) is 62.4 Å². The van der Waals surface area contributed by atoms with Crippen molar-refractivity contribution in [1.82, 2.24) is 0 Å². The van der Waals surface area contributed by atoms with E-state index in [0.29, 0.717) is 13.2 Å². The molecule has 1 saturated heterocycles. The van der Waals surface area contributed by atoms with Gasteiger partial charge in [0.25, 0.3) is 0 Å². The van der Waals surface area contributed by atoms with Crippen molar-refractivity contribution in [3.8, 4) is 5.75 Å². The summed E-state index contributed by atoms with van der Waals surface area (Å²) in [4.78, 5) is 26.4. The third-order valence-electron chi connectivity index (χ3n) is 4.27. The summed E-state index contributed by atoms with van der Waals surface area (Å²) in [6, 6.07) is 15.0. The third-order valence-corrected chi connectivity index (χ3v) is 4.27. The van der Waals surface area contributed by atoms with Crippen molar-refractivity contribution in [2.24, 2.45) is 5.92 Å². The number of carbonyl (C=O) groups excluding carboxylic acids is 2. The number of ether oxygens (including phenoxy) is 1. The van der Waals surface area contributed by atoms with Gasteiger partial charge in [0.05, 0.1) is 12.5 Å². The molecule has 2 amide bonds. The van der Waals surface area contributed by atoms with E-state index in [0.717, 1.165) is 22.7 Å². The number of carbonyl (C=O) groups is 2. The Kier molecular flexibility index (Phi) is 5.03. The largest absolute Gasteiger partial charge is 0.494 e. The highest BCUT2D eigenvalue weighted by Gasteiger charge is 2.35. The van der Waals surface area contributed by atoms with Crippen LogP contribution in [0.4, 0.5) is 11.4 Å². The van der Waals surface area contributed by atoms with Crippen LogP contribution in [-0.4, -0.2) is 25.0 Å². The minimum Gasteiger partial charge on any atom is -0.494 e. The van der Waals surface area contributed by atoms with Crippen LogP contribution in [0.25, 0.3) is 0 Å². The molecule has 2 aromatic carbocycles. The van der Waals surface area contributed by atoms with Gasteiger partial charge in [0, 0.05) is 24.3 Å². The monoisotopic (exact) mass is 338 g/mol. The van der Waals surface area contributed by atoms with Crippen LogP contribution in [-0.2, 0) is 9.59 Å². The van der Waals surface area contributed by atoms with Crippen LogP contribution < -0.4 is 15.0 Å².